The second-order valence-electron chi connectivity index (χ2n) is 5.81. The Kier molecular flexibility index (Phi) is 7.03. The highest BCUT2D eigenvalue weighted by Crippen LogP contribution is 2.43. The minimum Gasteiger partial charge on any atom is -1.00 e. The van der Waals surface area contributed by atoms with Gasteiger partial charge in [-0.15, -0.1) is 11.6 Å². The Morgan fingerprint density at radius 2 is 1.00 bits per heavy atom. The molecule has 4 heteroatoms. The minimum absolute atomic E-state index is 0. The molecule has 1 N–H and O–H groups in total. The van der Waals surface area contributed by atoms with E-state index in [0.717, 1.165) is 17.1 Å². The minimum atomic E-state index is -0.618. The summed E-state index contributed by atoms with van der Waals surface area (Å²) in [5.41, 5.74) is 3.29. The summed E-state index contributed by atoms with van der Waals surface area (Å²) in [6.45, 7) is 0.474. The summed E-state index contributed by atoms with van der Waals surface area (Å²) >= 11 is 5.96. The van der Waals surface area contributed by atoms with Crippen molar-refractivity contribution >= 4 is 28.7 Å². The maximum atomic E-state index is 10.4. The van der Waals surface area contributed by atoms with Crippen molar-refractivity contribution in [2.24, 2.45) is 0 Å². The van der Waals surface area contributed by atoms with Crippen LogP contribution in [0.15, 0.2) is 91.0 Å². The third-order valence-corrected chi connectivity index (χ3v) is 4.61. The lowest BCUT2D eigenvalue weighted by molar-refractivity contribution is -0.00000666. The Hall–Kier alpha value is -1.84. The molecule has 0 spiro atoms. The largest absolute Gasteiger partial charge is 1.00 e. The Morgan fingerprint density at radius 3 is 1.28 bits per heavy atom. The topological polar surface area (TPSA) is 20.2 Å². The van der Waals surface area contributed by atoms with E-state index in [4.69, 9.17) is 11.6 Å². The number of quaternary nitrogens is 1. The number of aliphatic hydroxyl groups excluding tert-OH is 1. The van der Waals surface area contributed by atoms with E-state index in [1.165, 1.54) is 0 Å². The molecule has 2 nitrogen and oxygen atoms in total. The number of benzene rings is 3. The molecule has 0 saturated heterocycles. The molecule has 130 valence electrons. The standard InChI is InChI=1S/C21H21ClNO.ClH/c22-16-21(24)17-23(18-10-4-1-5-11-18,19-12-6-2-7-13-19)20-14-8-3-9-15-20;/h1-15,21,24H,16-17H2;1H/q+1;/p-1. The lowest BCUT2D eigenvalue weighted by atomic mass is 10.1. The third-order valence-electron chi connectivity index (χ3n) is 4.25. The Morgan fingerprint density at radius 1 is 0.680 bits per heavy atom. The van der Waals surface area contributed by atoms with E-state index in [1.54, 1.807) is 0 Å². The third kappa shape index (κ3) is 4.05. The van der Waals surface area contributed by atoms with Gasteiger partial charge in [-0.1, -0.05) is 54.6 Å². The van der Waals surface area contributed by atoms with Crippen molar-refractivity contribution in [3.05, 3.63) is 91.0 Å². The zero-order chi connectivity index (χ0) is 16.8. The normalized spacial score (nSPS) is 12.2. The van der Waals surface area contributed by atoms with Gasteiger partial charge in [-0.3, -0.25) is 0 Å². The second-order valence-corrected chi connectivity index (χ2v) is 6.12. The van der Waals surface area contributed by atoms with Crippen LogP contribution in [0.25, 0.3) is 0 Å². The van der Waals surface area contributed by atoms with E-state index in [1.807, 2.05) is 54.6 Å². The molecule has 3 aromatic rings. The molecule has 0 saturated carbocycles. The van der Waals surface area contributed by atoms with E-state index in [0.29, 0.717) is 11.0 Å². The molecular formula is C21H21Cl2NO. The van der Waals surface area contributed by atoms with Crippen LogP contribution in [0, 0.1) is 0 Å². The molecule has 0 aliphatic carbocycles. The second kappa shape index (κ2) is 9.02. The predicted octanol–water partition coefficient (Wildman–Crippen LogP) is 2.26. The summed E-state index contributed by atoms with van der Waals surface area (Å²) in [6.07, 6.45) is -0.618. The van der Waals surface area contributed by atoms with Crippen molar-refractivity contribution in [3.8, 4) is 0 Å². The fraction of sp³-hybridized carbons (Fsp3) is 0.143. The van der Waals surface area contributed by atoms with Crippen molar-refractivity contribution in [1.29, 1.82) is 0 Å². The Labute approximate surface area is 160 Å². The molecular weight excluding hydrogens is 353 g/mol. The summed E-state index contributed by atoms with van der Waals surface area (Å²) < 4.78 is 0.427. The number of halogens is 2. The van der Waals surface area contributed by atoms with Crippen molar-refractivity contribution in [2.45, 2.75) is 6.10 Å². The highest BCUT2D eigenvalue weighted by atomic mass is 35.5. The van der Waals surface area contributed by atoms with Crippen LogP contribution in [0.5, 0.6) is 0 Å². The van der Waals surface area contributed by atoms with Crippen LogP contribution < -0.4 is 16.9 Å². The lowest BCUT2D eigenvalue weighted by Gasteiger charge is -2.38. The fourth-order valence-corrected chi connectivity index (χ4v) is 3.27. The molecule has 0 fully saturated rings. The summed E-state index contributed by atoms with van der Waals surface area (Å²) in [6, 6.07) is 30.8. The van der Waals surface area contributed by atoms with Gasteiger partial charge in [0.15, 0.2) is 0 Å². The molecule has 0 aliphatic heterocycles. The van der Waals surface area contributed by atoms with Gasteiger partial charge in [-0.25, -0.2) is 4.48 Å². The smallest absolute Gasteiger partial charge is 0.143 e. The first kappa shape index (κ1) is 19.5. The first-order valence-electron chi connectivity index (χ1n) is 8.06. The van der Waals surface area contributed by atoms with Crippen molar-refractivity contribution in [2.75, 3.05) is 12.4 Å². The predicted molar refractivity (Wildman–Crippen MR) is 102 cm³/mol. The van der Waals surface area contributed by atoms with Crippen LogP contribution in [0.4, 0.5) is 17.1 Å². The molecule has 0 aromatic heterocycles. The van der Waals surface area contributed by atoms with E-state index in [2.05, 4.69) is 36.4 Å². The molecule has 3 rings (SSSR count). The maximum Gasteiger partial charge on any atom is 0.143 e. The van der Waals surface area contributed by atoms with Gasteiger partial charge in [0, 0.05) is 0 Å². The molecule has 0 bridgehead atoms. The number of alkyl halides is 1. The SMILES string of the molecule is OC(CCl)C[N+](c1ccccc1)(c1ccccc1)c1ccccc1.[Cl-]. The summed E-state index contributed by atoms with van der Waals surface area (Å²) in [5.74, 6) is 0.201. The number of aliphatic hydroxyl groups is 1. The number of hydrogen-bond donors (Lipinski definition) is 1. The highest BCUT2D eigenvalue weighted by molar-refractivity contribution is 6.18. The number of hydrogen-bond acceptors (Lipinski definition) is 1. The molecule has 0 heterocycles. The molecule has 0 aliphatic rings. The molecule has 25 heavy (non-hydrogen) atoms. The van der Waals surface area contributed by atoms with Gasteiger partial charge < -0.3 is 17.5 Å². The first-order chi connectivity index (χ1) is 11.8. The van der Waals surface area contributed by atoms with E-state index in [9.17, 15) is 5.11 Å². The number of para-hydroxylation sites is 3. The van der Waals surface area contributed by atoms with Gasteiger partial charge in [0.2, 0.25) is 0 Å². The van der Waals surface area contributed by atoms with Crippen LogP contribution in [-0.4, -0.2) is 23.6 Å². The van der Waals surface area contributed by atoms with Crippen LogP contribution in [0.1, 0.15) is 0 Å². The number of nitrogens with zero attached hydrogens (tertiary/aromatic N) is 1. The van der Waals surface area contributed by atoms with Gasteiger partial charge in [0.25, 0.3) is 0 Å². The molecule has 1 unspecified atom stereocenters. The summed E-state index contributed by atoms with van der Waals surface area (Å²) in [5, 5.41) is 10.4. The highest BCUT2D eigenvalue weighted by Gasteiger charge is 2.38. The van der Waals surface area contributed by atoms with E-state index in [-0.39, 0.29) is 18.3 Å². The van der Waals surface area contributed by atoms with Gasteiger partial charge in [0.1, 0.15) is 29.7 Å². The average molecular weight is 374 g/mol. The zero-order valence-electron chi connectivity index (χ0n) is 13.8. The average Bonchev–Trinajstić information content (AvgIpc) is 2.68. The number of rotatable bonds is 6. The monoisotopic (exact) mass is 373 g/mol. The van der Waals surface area contributed by atoms with Gasteiger partial charge in [-0.2, -0.15) is 0 Å². The van der Waals surface area contributed by atoms with Crippen LogP contribution in [0.2, 0.25) is 0 Å². The van der Waals surface area contributed by atoms with Gasteiger partial charge >= 0.3 is 0 Å². The summed E-state index contributed by atoms with van der Waals surface area (Å²) in [4.78, 5) is 0. The fourth-order valence-electron chi connectivity index (χ4n) is 3.18. The summed E-state index contributed by atoms with van der Waals surface area (Å²) in [7, 11) is 0. The van der Waals surface area contributed by atoms with Gasteiger partial charge in [0.05, 0.1) is 5.88 Å². The molecule has 3 aromatic carbocycles. The van der Waals surface area contributed by atoms with Crippen molar-refractivity contribution in [1.82, 2.24) is 4.48 Å². The van der Waals surface area contributed by atoms with Crippen molar-refractivity contribution < 1.29 is 17.5 Å². The van der Waals surface area contributed by atoms with Gasteiger partial charge in [-0.05, 0) is 36.4 Å². The molecule has 1 atom stereocenters. The lowest BCUT2D eigenvalue weighted by Crippen LogP contribution is -3.00. The Bertz CT molecular complexity index is 654. The van der Waals surface area contributed by atoms with E-state index >= 15 is 0 Å². The zero-order valence-corrected chi connectivity index (χ0v) is 15.3. The van der Waals surface area contributed by atoms with Crippen LogP contribution >= 0.6 is 11.6 Å². The van der Waals surface area contributed by atoms with Crippen LogP contribution in [-0.2, 0) is 0 Å². The Balaban J connectivity index is 0.00000225. The molecule has 0 radical (unpaired) electrons. The maximum absolute atomic E-state index is 10.4. The first-order valence-corrected chi connectivity index (χ1v) is 8.60. The molecule has 0 amide bonds. The quantitative estimate of drug-likeness (QED) is 0.519. The van der Waals surface area contributed by atoms with Crippen LogP contribution in [0.3, 0.4) is 0 Å². The van der Waals surface area contributed by atoms with Crippen molar-refractivity contribution in [3.63, 3.8) is 0 Å². The van der Waals surface area contributed by atoms with E-state index < -0.39 is 6.10 Å².